The number of carbonyl (C=O) groups is 2. The highest BCUT2D eigenvalue weighted by Crippen LogP contribution is 2.25. The molecule has 7 heteroatoms. The number of hydrogen-bond acceptors (Lipinski definition) is 4. The number of rotatable bonds is 8. The van der Waals surface area contributed by atoms with E-state index in [2.05, 4.69) is 29.7 Å². The van der Waals surface area contributed by atoms with Crippen LogP contribution in [0.5, 0.6) is 5.75 Å². The fourth-order valence-corrected chi connectivity index (χ4v) is 2.67. The number of halogens is 1. The SMILES string of the molecule is CCCOc1ccc(/C=N\NC(=O)C(=O)NCc2ccc(C(C)C)cc2)cc1Cl. The number of nitrogens with one attached hydrogen (secondary N) is 2. The third-order valence-corrected chi connectivity index (χ3v) is 4.40. The third-order valence-electron chi connectivity index (χ3n) is 4.10. The molecule has 6 nitrogen and oxygen atoms in total. The molecule has 2 N–H and O–H groups in total. The van der Waals surface area contributed by atoms with Crippen LogP contribution in [0.2, 0.25) is 5.02 Å². The van der Waals surface area contributed by atoms with E-state index in [1.54, 1.807) is 18.2 Å². The number of benzene rings is 2. The van der Waals surface area contributed by atoms with Gasteiger partial charge in [-0.15, -0.1) is 0 Å². The number of ether oxygens (including phenoxy) is 1. The summed E-state index contributed by atoms with van der Waals surface area (Å²) in [6.07, 6.45) is 2.29. The Hall–Kier alpha value is -2.86. The number of nitrogens with zero attached hydrogens (tertiary/aromatic N) is 1. The van der Waals surface area contributed by atoms with Gasteiger partial charge >= 0.3 is 11.8 Å². The number of amides is 2. The molecule has 0 atom stereocenters. The van der Waals surface area contributed by atoms with Crippen LogP contribution in [-0.4, -0.2) is 24.6 Å². The lowest BCUT2D eigenvalue weighted by Gasteiger charge is -2.08. The summed E-state index contributed by atoms with van der Waals surface area (Å²) in [5.74, 6) is -0.557. The monoisotopic (exact) mass is 415 g/mol. The second-order valence-electron chi connectivity index (χ2n) is 6.82. The number of carbonyl (C=O) groups excluding carboxylic acids is 2. The van der Waals surface area contributed by atoms with Crippen LogP contribution in [0.1, 0.15) is 49.8 Å². The summed E-state index contributed by atoms with van der Waals surface area (Å²) in [5.41, 5.74) is 5.01. The largest absolute Gasteiger partial charge is 0.492 e. The molecule has 0 spiro atoms. The molecule has 0 saturated carbocycles. The van der Waals surface area contributed by atoms with Gasteiger partial charge in [0.25, 0.3) is 0 Å². The van der Waals surface area contributed by atoms with Crippen molar-refractivity contribution >= 4 is 29.6 Å². The molecule has 0 aliphatic carbocycles. The summed E-state index contributed by atoms with van der Waals surface area (Å²) < 4.78 is 5.50. The van der Waals surface area contributed by atoms with Crippen molar-refractivity contribution in [1.29, 1.82) is 0 Å². The van der Waals surface area contributed by atoms with Crippen LogP contribution in [0.25, 0.3) is 0 Å². The quantitative estimate of drug-likeness (QED) is 0.388. The van der Waals surface area contributed by atoms with Gasteiger partial charge in [0.2, 0.25) is 0 Å². The van der Waals surface area contributed by atoms with Crippen LogP contribution in [0.3, 0.4) is 0 Å². The normalized spacial score (nSPS) is 10.9. The minimum atomic E-state index is -0.839. The zero-order valence-corrected chi connectivity index (χ0v) is 17.6. The van der Waals surface area contributed by atoms with Gasteiger partial charge in [0.05, 0.1) is 17.8 Å². The fourth-order valence-electron chi connectivity index (χ4n) is 2.43. The van der Waals surface area contributed by atoms with Gasteiger partial charge in [0, 0.05) is 6.54 Å². The molecular weight excluding hydrogens is 390 g/mol. The topological polar surface area (TPSA) is 79.8 Å². The maximum atomic E-state index is 11.9. The third kappa shape index (κ3) is 7.23. The molecule has 0 aromatic heterocycles. The molecule has 2 aromatic carbocycles. The standard InChI is InChI=1S/C22H26ClN3O3/c1-4-11-29-20-10-7-17(12-19(20)23)14-25-26-22(28)21(27)24-13-16-5-8-18(9-6-16)15(2)3/h5-10,12,14-15H,4,11,13H2,1-3H3,(H,24,27)(H,26,28)/b25-14-. The van der Waals surface area contributed by atoms with Crippen LogP contribution < -0.4 is 15.5 Å². The van der Waals surface area contributed by atoms with Crippen molar-refractivity contribution in [2.75, 3.05) is 6.61 Å². The van der Waals surface area contributed by atoms with Gasteiger partial charge < -0.3 is 10.1 Å². The molecule has 0 fully saturated rings. The van der Waals surface area contributed by atoms with Crippen molar-refractivity contribution in [2.24, 2.45) is 5.10 Å². The van der Waals surface area contributed by atoms with E-state index in [0.717, 1.165) is 12.0 Å². The lowest BCUT2D eigenvalue weighted by atomic mass is 10.0. The van der Waals surface area contributed by atoms with E-state index in [4.69, 9.17) is 16.3 Å². The Kier molecular flexibility index (Phi) is 8.68. The van der Waals surface area contributed by atoms with Crippen LogP contribution in [0.15, 0.2) is 47.6 Å². The highest BCUT2D eigenvalue weighted by molar-refractivity contribution is 6.35. The zero-order chi connectivity index (χ0) is 21.2. The molecule has 0 radical (unpaired) electrons. The molecule has 29 heavy (non-hydrogen) atoms. The summed E-state index contributed by atoms with van der Waals surface area (Å²) in [6, 6.07) is 13.1. The van der Waals surface area contributed by atoms with Gasteiger partial charge in [-0.2, -0.15) is 5.10 Å². The first-order valence-corrected chi connectivity index (χ1v) is 9.91. The van der Waals surface area contributed by atoms with Crippen LogP contribution in [0, 0.1) is 0 Å². The van der Waals surface area contributed by atoms with Gasteiger partial charge in [-0.25, -0.2) is 5.43 Å². The van der Waals surface area contributed by atoms with Crippen molar-refractivity contribution in [1.82, 2.24) is 10.7 Å². The summed E-state index contributed by atoms with van der Waals surface area (Å²) in [7, 11) is 0. The van der Waals surface area contributed by atoms with Gasteiger partial charge in [0.1, 0.15) is 5.75 Å². The van der Waals surface area contributed by atoms with E-state index >= 15 is 0 Å². The molecule has 0 heterocycles. The van der Waals surface area contributed by atoms with E-state index < -0.39 is 11.8 Å². The molecule has 154 valence electrons. The van der Waals surface area contributed by atoms with Crippen molar-refractivity contribution in [3.05, 3.63) is 64.2 Å². The predicted molar refractivity (Wildman–Crippen MR) is 115 cm³/mol. The smallest absolute Gasteiger partial charge is 0.329 e. The van der Waals surface area contributed by atoms with Crippen molar-refractivity contribution in [3.8, 4) is 5.75 Å². The molecule has 2 amide bonds. The first-order chi connectivity index (χ1) is 13.9. The maximum Gasteiger partial charge on any atom is 0.329 e. The van der Waals surface area contributed by atoms with Gasteiger partial charge in [-0.05, 0) is 47.2 Å². The Morgan fingerprint density at radius 1 is 1.14 bits per heavy atom. The van der Waals surface area contributed by atoms with E-state index in [9.17, 15) is 9.59 Å². The first kappa shape index (κ1) is 22.4. The lowest BCUT2D eigenvalue weighted by molar-refractivity contribution is -0.139. The van der Waals surface area contributed by atoms with E-state index in [1.807, 2.05) is 31.2 Å². The maximum absolute atomic E-state index is 11.9. The molecule has 2 rings (SSSR count). The average Bonchev–Trinajstić information content (AvgIpc) is 2.71. The summed E-state index contributed by atoms with van der Waals surface area (Å²) in [4.78, 5) is 23.8. The Morgan fingerprint density at radius 2 is 1.86 bits per heavy atom. The van der Waals surface area contributed by atoms with Gasteiger partial charge in [-0.3, -0.25) is 9.59 Å². The molecule has 0 saturated heterocycles. The highest BCUT2D eigenvalue weighted by Gasteiger charge is 2.12. The Bertz CT molecular complexity index is 864. The summed E-state index contributed by atoms with van der Waals surface area (Å²) in [6.45, 7) is 7.09. The van der Waals surface area contributed by atoms with Crippen molar-refractivity contribution in [3.63, 3.8) is 0 Å². The molecule has 0 aliphatic rings. The summed E-state index contributed by atoms with van der Waals surface area (Å²) in [5, 5.41) is 6.82. The van der Waals surface area contributed by atoms with Gasteiger partial charge in [-0.1, -0.05) is 56.6 Å². The number of hydrogen-bond donors (Lipinski definition) is 2. The first-order valence-electron chi connectivity index (χ1n) is 9.53. The Morgan fingerprint density at radius 3 is 2.48 bits per heavy atom. The molecule has 0 aliphatic heterocycles. The second-order valence-corrected chi connectivity index (χ2v) is 7.22. The van der Waals surface area contributed by atoms with Crippen LogP contribution in [0.4, 0.5) is 0 Å². The Balaban J connectivity index is 1.81. The van der Waals surface area contributed by atoms with E-state index in [-0.39, 0.29) is 6.54 Å². The lowest BCUT2D eigenvalue weighted by Crippen LogP contribution is -2.37. The van der Waals surface area contributed by atoms with Crippen LogP contribution in [-0.2, 0) is 16.1 Å². The Labute approximate surface area is 176 Å². The minimum Gasteiger partial charge on any atom is -0.492 e. The zero-order valence-electron chi connectivity index (χ0n) is 16.9. The van der Waals surface area contributed by atoms with E-state index in [0.29, 0.717) is 28.9 Å². The van der Waals surface area contributed by atoms with Crippen molar-refractivity contribution in [2.45, 2.75) is 39.7 Å². The molecular formula is C22H26ClN3O3. The highest BCUT2D eigenvalue weighted by atomic mass is 35.5. The van der Waals surface area contributed by atoms with E-state index in [1.165, 1.54) is 11.8 Å². The summed E-state index contributed by atoms with van der Waals surface area (Å²) >= 11 is 6.15. The predicted octanol–water partition coefficient (Wildman–Crippen LogP) is 4.02. The molecule has 0 bridgehead atoms. The number of hydrazone groups is 1. The fraction of sp³-hybridized carbons (Fsp3) is 0.318. The van der Waals surface area contributed by atoms with Crippen LogP contribution >= 0.6 is 11.6 Å². The molecule has 0 unspecified atom stereocenters. The average molecular weight is 416 g/mol. The molecule has 2 aromatic rings. The second kappa shape index (κ2) is 11.2. The van der Waals surface area contributed by atoms with Crippen molar-refractivity contribution < 1.29 is 14.3 Å². The van der Waals surface area contributed by atoms with Gasteiger partial charge in [0.15, 0.2) is 0 Å². The minimum absolute atomic E-state index is 0.267.